The number of hydrogen-bond donors (Lipinski definition) is 1. The highest BCUT2D eigenvalue weighted by Crippen LogP contribution is 2.17. The fraction of sp³-hybridized carbons (Fsp3) is 0.500. The van der Waals surface area contributed by atoms with Crippen LogP contribution in [0, 0.1) is 4.77 Å². The van der Waals surface area contributed by atoms with Gasteiger partial charge in [0.1, 0.15) is 0 Å². The maximum absolute atomic E-state index is 5.33. The summed E-state index contributed by atoms with van der Waals surface area (Å²) in [6.07, 6.45) is 4.43. The van der Waals surface area contributed by atoms with E-state index in [1.54, 1.807) is 7.11 Å². The van der Waals surface area contributed by atoms with Crippen molar-refractivity contribution in [2.24, 2.45) is 0 Å². The molecule has 2 heterocycles. The second-order valence-corrected chi connectivity index (χ2v) is 5.38. The van der Waals surface area contributed by atoms with E-state index in [2.05, 4.69) is 16.2 Å². The molecule has 6 heteroatoms. The third kappa shape index (κ3) is 2.87. The monoisotopic (exact) mass is 283 g/mol. The first kappa shape index (κ1) is 13.4. The van der Waals surface area contributed by atoms with E-state index in [0.717, 1.165) is 28.9 Å². The molecule has 2 rings (SSSR count). The Hall–Kier alpha value is -1.01. The molecular formula is C12H17N3OS2. The van der Waals surface area contributed by atoms with Crippen molar-refractivity contribution in [3.8, 4) is 5.88 Å². The number of methoxy groups -OCH3 is 1. The van der Waals surface area contributed by atoms with E-state index in [0.29, 0.717) is 5.88 Å². The maximum atomic E-state index is 5.33. The fourth-order valence-corrected chi connectivity index (χ4v) is 2.63. The fourth-order valence-electron chi connectivity index (χ4n) is 1.85. The van der Waals surface area contributed by atoms with Gasteiger partial charge in [0.05, 0.1) is 12.6 Å². The molecule has 4 nitrogen and oxygen atoms in total. The quantitative estimate of drug-likeness (QED) is 0.653. The Balaban J connectivity index is 2.24. The number of aromatic nitrogens is 3. The van der Waals surface area contributed by atoms with Crippen LogP contribution in [0.25, 0.3) is 11.2 Å². The molecule has 98 valence electrons. The van der Waals surface area contributed by atoms with Gasteiger partial charge in [-0.2, -0.15) is 16.7 Å². The number of aryl methyl sites for hydroxylation is 1. The Morgan fingerprint density at radius 2 is 2.28 bits per heavy atom. The highest BCUT2D eigenvalue weighted by Gasteiger charge is 2.06. The predicted molar refractivity (Wildman–Crippen MR) is 79.1 cm³/mol. The van der Waals surface area contributed by atoms with E-state index in [1.165, 1.54) is 12.2 Å². The Morgan fingerprint density at radius 1 is 1.44 bits per heavy atom. The van der Waals surface area contributed by atoms with Gasteiger partial charge in [-0.1, -0.05) is 0 Å². The number of nitrogens with one attached hydrogen (secondary N) is 1. The van der Waals surface area contributed by atoms with E-state index in [9.17, 15) is 0 Å². The van der Waals surface area contributed by atoms with Crippen molar-refractivity contribution in [2.75, 3.05) is 19.1 Å². The molecule has 0 unspecified atom stereocenters. The number of nitrogens with zero attached hydrogens (tertiary/aromatic N) is 2. The number of H-pyrrole nitrogens is 1. The van der Waals surface area contributed by atoms with Gasteiger partial charge in [-0.05, 0) is 43.1 Å². The average molecular weight is 283 g/mol. The molecule has 0 aliphatic carbocycles. The van der Waals surface area contributed by atoms with Gasteiger partial charge in [0.15, 0.2) is 10.4 Å². The lowest BCUT2D eigenvalue weighted by Gasteiger charge is -2.04. The third-order valence-corrected chi connectivity index (χ3v) is 3.80. The number of pyridine rings is 1. The van der Waals surface area contributed by atoms with Gasteiger partial charge in [0.2, 0.25) is 5.88 Å². The van der Waals surface area contributed by atoms with E-state index >= 15 is 0 Å². The summed E-state index contributed by atoms with van der Waals surface area (Å²) in [6.45, 7) is 0.902. The summed E-state index contributed by atoms with van der Waals surface area (Å²) in [5.74, 6) is 1.81. The number of ether oxygens (including phenoxy) is 1. The van der Waals surface area contributed by atoms with Crippen molar-refractivity contribution in [3.63, 3.8) is 0 Å². The van der Waals surface area contributed by atoms with E-state index in [-0.39, 0.29) is 0 Å². The van der Waals surface area contributed by atoms with E-state index < -0.39 is 0 Å². The van der Waals surface area contributed by atoms with Crippen molar-refractivity contribution in [3.05, 3.63) is 16.9 Å². The molecule has 0 aliphatic heterocycles. The zero-order valence-corrected chi connectivity index (χ0v) is 12.2. The first-order valence-corrected chi connectivity index (χ1v) is 7.69. The van der Waals surface area contributed by atoms with Crippen molar-refractivity contribution >= 4 is 35.1 Å². The number of aromatic amines is 1. The first-order chi connectivity index (χ1) is 8.76. The SMILES string of the molecule is COc1ccc2[nH]c(=S)n(CCCCSC)c2n1. The number of thioether (sulfide) groups is 1. The van der Waals surface area contributed by atoms with Crippen LogP contribution in [0.5, 0.6) is 5.88 Å². The lowest BCUT2D eigenvalue weighted by molar-refractivity contribution is 0.399. The summed E-state index contributed by atoms with van der Waals surface area (Å²) < 4.78 is 7.93. The zero-order valence-electron chi connectivity index (χ0n) is 10.6. The van der Waals surface area contributed by atoms with E-state index in [1.807, 2.05) is 28.5 Å². The summed E-state index contributed by atoms with van der Waals surface area (Å²) in [5, 5.41) is 0. The largest absolute Gasteiger partial charge is 0.481 e. The van der Waals surface area contributed by atoms with Crippen LogP contribution in [0.3, 0.4) is 0 Å². The van der Waals surface area contributed by atoms with Crippen molar-refractivity contribution in [1.82, 2.24) is 14.5 Å². The van der Waals surface area contributed by atoms with Crippen LogP contribution < -0.4 is 4.74 Å². The van der Waals surface area contributed by atoms with Crippen molar-refractivity contribution in [2.45, 2.75) is 19.4 Å². The van der Waals surface area contributed by atoms with Gasteiger partial charge >= 0.3 is 0 Å². The molecule has 1 N–H and O–H groups in total. The highest BCUT2D eigenvalue weighted by atomic mass is 32.2. The molecule has 18 heavy (non-hydrogen) atoms. The second-order valence-electron chi connectivity index (χ2n) is 4.01. The summed E-state index contributed by atoms with van der Waals surface area (Å²) in [6, 6.07) is 3.79. The summed E-state index contributed by atoms with van der Waals surface area (Å²) >= 11 is 7.21. The average Bonchev–Trinajstić information content (AvgIpc) is 2.70. The standard InChI is InChI=1S/C12H17N3OS2/c1-16-10-6-5-9-11(14-10)15(12(17)13-9)7-3-4-8-18-2/h5-6H,3-4,7-8H2,1-2H3,(H,13,17). The molecule has 2 aromatic heterocycles. The number of fused-ring (bicyclic) bond motifs is 1. The Labute approximate surface area is 116 Å². The van der Waals surface area contributed by atoms with Gasteiger partial charge in [0, 0.05) is 12.6 Å². The maximum Gasteiger partial charge on any atom is 0.215 e. The lowest BCUT2D eigenvalue weighted by Crippen LogP contribution is -2.00. The van der Waals surface area contributed by atoms with E-state index in [4.69, 9.17) is 17.0 Å². The molecule has 2 aromatic rings. The predicted octanol–water partition coefficient (Wildman–Crippen LogP) is 3.25. The molecule has 0 saturated carbocycles. The number of unbranched alkanes of at least 4 members (excludes halogenated alkanes) is 1. The molecule has 0 fully saturated rings. The highest BCUT2D eigenvalue weighted by molar-refractivity contribution is 7.98. The topological polar surface area (TPSA) is 42.8 Å². The Kier molecular flexibility index (Phi) is 4.66. The molecule has 0 bridgehead atoms. The zero-order chi connectivity index (χ0) is 13.0. The van der Waals surface area contributed by atoms with Crippen molar-refractivity contribution < 1.29 is 4.74 Å². The van der Waals surface area contributed by atoms with Gasteiger partial charge in [-0.15, -0.1) is 0 Å². The Morgan fingerprint density at radius 3 is 3.00 bits per heavy atom. The number of rotatable bonds is 6. The normalized spacial score (nSPS) is 11.0. The molecule has 0 spiro atoms. The van der Waals surface area contributed by atoms with Gasteiger partial charge in [0.25, 0.3) is 0 Å². The second kappa shape index (κ2) is 6.24. The molecule has 0 radical (unpaired) electrons. The molecule has 0 amide bonds. The molecule has 0 atom stereocenters. The summed E-state index contributed by atoms with van der Waals surface area (Å²) in [4.78, 5) is 7.62. The first-order valence-electron chi connectivity index (χ1n) is 5.88. The molecule has 0 aromatic carbocycles. The van der Waals surface area contributed by atoms with Crippen LogP contribution in [0.1, 0.15) is 12.8 Å². The van der Waals surface area contributed by atoms with Gasteiger partial charge in [-0.25, -0.2) is 0 Å². The van der Waals surface area contributed by atoms with Crippen LogP contribution in [0.2, 0.25) is 0 Å². The lowest BCUT2D eigenvalue weighted by atomic mass is 10.3. The summed E-state index contributed by atoms with van der Waals surface area (Å²) in [7, 11) is 1.62. The summed E-state index contributed by atoms with van der Waals surface area (Å²) in [5.41, 5.74) is 1.84. The van der Waals surface area contributed by atoms with Crippen LogP contribution in [0.15, 0.2) is 12.1 Å². The number of hydrogen-bond acceptors (Lipinski definition) is 4. The minimum atomic E-state index is 0.620. The van der Waals surface area contributed by atoms with Crippen molar-refractivity contribution in [1.29, 1.82) is 0 Å². The minimum Gasteiger partial charge on any atom is -0.481 e. The van der Waals surface area contributed by atoms with Gasteiger partial charge < -0.3 is 14.3 Å². The van der Waals surface area contributed by atoms with Crippen LogP contribution in [-0.4, -0.2) is 33.7 Å². The third-order valence-electron chi connectivity index (χ3n) is 2.78. The van der Waals surface area contributed by atoms with Crippen LogP contribution in [0.4, 0.5) is 0 Å². The smallest absolute Gasteiger partial charge is 0.215 e. The van der Waals surface area contributed by atoms with Crippen LogP contribution in [-0.2, 0) is 6.54 Å². The Bertz CT molecular complexity index is 576. The molecule has 0 aliphatic rings. The molecular weight excluding hydrogens is 266 g/mol. The number of imidazole rings is 1. The van der Waals surface area contributed by atoms with Crippen LogP contribution >= 0.6 is 24.0 Å². The van der Waals surface area contributed by atoms with Gasteiger partial charge in [-0.3, -0.25) is 0 Å². The molecule has 0 saturated heterocycles. The minimum absolute atomic E-state index is 0.620.